The third-order valence-corrected chi connectivity index (χ3v) is 2.95. The molecule has 0 aliphatic rings. The van der Waals surface area contributed by atoms with Gasteiger partial charge in [0.25, 0.3) is 10.1 Å². The Hall–Kier alpha value is -1.59. The highest BCUT2D eigenvalue weighted by molar-refractivity contribution is 7.85. The van der Waals surface area contributed by atoms with E-state index in [4.69, 9.17) is 4.25 Å². The molecule has 0 unspecified atom stereocenters. The molecule has 0 amide bonds. The third-order valence-electron chi connectivity index (χ3n) is 2.12. The number of fused-ring (bicyclic) bond motifs is 1. The average molecular weight is 226 g/mol. The van der Waals surface area contributed by atoms with Crippen LogP contribution in [0.15, 0.2) is 41.3 Å². The molecule has 15 heavy (non-hydrogen) atoms. The second-order valence-corrected chi connectivity index (χ2v) is 4.49. The second kappa shape index (κ2) is 3.22. The van der Waals surface area contributed by atoms with Crippen LogP contribution in [0.2, 0.25) is 2.82 Å². The molecular formula is C10H9NO3S. The Bertz CT molecular complexity index is 688. The van der Waals surface area contributed by atoms with Gasteiger partial charge in [0.1, 0.15) is 0 Å². The molecule has 0 radical (unpaired) electrons. The predicted octanol–water partition coefficient (Wildman–Crippen LogP) is 1.67. The van der Waals surface area contributed by atoms with E-state index >= 15 is 0 Å². The van der Waals surface area contributed by atoms with Crippen LogP contribution in [0.4, 0.5) is 5.69 Å². The molecule has 2 aromatic carbocycles. The lowest BCUT2D eigenvalue weighted by atomic mass is 10.1. The number of nitrogen functional groups attached to an aromatic ring is 1. The van der Waals surface area contributed by atoms with Gasteiger partial charge in [-0.3, -0.25) is 4.56 Å². The molecule has 0 aromatic heterocycles. The number of hydrogen-bond donors (Lipinski definition) is 2. The van der Waals surface area contributed by atoms with Crippen LogP contribution in [0, 0.1) is 0 Å². The fourth-order valence-corrected chi connectivity index (χ4v) is 1.91. The summed E-state index contributed by atoms with van der Waals surface area (Å²) in [6.07, 6.45) is 0. The molecule has 0 aliphatic carbocycles. The van der Waals surface area contributed by atoms with Gasteiger partial charge in [-0.25, -0.2) is 0 Å². The van der Waals surface area contributed by atoms with Crippen molar-refractivity contribution >= 4 is 26.6 Å². The number of anilines is 1. The maximum absolute atomic E-state index is 11.4. The minimum atomic E-state index is -4.06. The van der Waals surface area contributed by atoms with Crippen LogP contribution < -0.4 is 5.72 Å². The molecule has 0 fully saturated rings. The molecule has 4 nitrogen and oxygen atoms in total. The minimum Gasteiger partial charge on any atom is -0.398 e. The summed E-state index contributed by atoms with van der Waals surface area (Å²) >= 11 is 0. The molecule has 78 valence electrons. The fourth-order valence-electron chi connectivity index (χ4n) is 1.40. The maximum Gasteiger partial charge on any atom is 0.294 e. The van der Waals surface area contributed by atoms with Crippen molar-refractivity contribution in [3.05, 3.63) is 36.4 Å². The van der Waals surface area contributed by atoms with E-state index < -0.39 is 10.1 Å². The minimum absolute atomic E-state index is 0.135. The molecule has 0 saturated heterocycles. The standard InChI is InChI=1S/C10H9NO3S/c11-10-3-1-2-7-6-8(15(12,13)14)4-5-9(7)10/h1-6H,11H2,(H,12,13,14)/i/hD3. The predicted molar refractivity (Wildman–Crippen MR) is 58.2 cm³/mol. The average Bonchev–Trinajstić information content (AvgIpc) is 2.37. The smallest absolute Gasteiger partial charge is 0.294 e. The van der Waals surface area contributed by atoms with Crippen LogP contribution in [0.3, 0.4) is 0 Å². The van der Waals surface area contributed by atoms with Crippen LogP contribution in [-0.4, -0.2) is 13.0 Å². The van der Waals surface area contributed by atoms with Crippen molar-refractivity contribution in [2.75, 3.05) is 5.72 Å². The molecule has 0 atom stereocenters. The van der Waals surface area contributed by atoms with Gasteiger partial charge < -0.3 is 5.72 Å². The Morgan fingerprint density at radius 3 is 2.93 bits per heavy atom. The van der Waals surface area contributed by atoms with Crippen LogP contribution in [-0.2, 0) is 10.1 Å². The first kappa shape index (κ1) is 6.81. The van der Waals surface area contributed by atoms with Gasteiger partial charge in [-0.05, 0) is 23.6 Å². The van der Waals surface area contributed by atoms with Crippen molar-refractivity contribution in [3.8, 4) is 0 Å². The van der Waals surface area contributed by atoms with Gasteiger partial charge in [0, 0.05) is 11.1 Å². The highest BCUT2D eigenvalue weighted by Gasteiger charge is 2.09. The summed E-state index contributed by atoms with van der Waals surface area (Å²) in [6, 6.07) is 8.95. The van der Waals surface area contributed by atoms with E-state index in [1.54, 1.807) is 18.2 Å². The lowest BCUT2D eigenvalue weighted by Gasteiger charge is -2.03. The van der Waals surface area contributed by atoms with E-state index in [0.717, 1.165) is 0 Å². The second-order valence-electron chi connectivity index (χ2n) is 3.11. The molecule has 0 heterocycles. The molecule has 2 aromatic rings. The molecule has 0 bridgehead atoms. The van der Waals surface area contributed by atoms with Crippen molar-refractivity contribution in [2.24, 2.45) is 0 Å². The summed E-state index contributed by atoms with van der Waals surface area (Å²) in [5.74, 6) is 0. The quantitative estimate of drug-likeness (QED) is 0.616. The Morgan fingerprint density at radius 1 is 1.33 bits per heavy atom. The largest absolute Gasteiger partial charge is 0.398 e. The summed E-state index contributed by atoms with van der Waals surface area (Å²) in [7, 11) is -4.06. The summed E-state index contributed by atoms with van der Waals surface area (Å²) in [6.45, 7) is 0. The third kappa shape index (κ3) is 1.79. The summed E-state index contributed by atoms with van der Waals surface area (Å²) < 4.78 is 47.4. The zero-order valence-electron chi connectivity index (χ0n) is 10.5. The normalized spacial score (nSPS) is 14.3. The van der Waals surface area contributed by atoms with Crippen molar-refractivity contribution in [2.45, 2.75) is 4.90 Å². The van der Waals surface area contributed by atoms with Gasteiger partial charge in [0.2, 0.25) is 1.43 Å². The molecule has 0 aliphatic heterocycles. The Labute approximate surface area is 91.5 Å². The van der Waals surface area contributed by atoms with Gasteiger partial charge in [-0.2, -0.15) is 8.42 Å². The molecule has 2 rings (SSSR count). The number of nitrogens with two attached hydrogens (primary N) is 1. The van der Waals surface area contributed by atoms with E-state index in [1.807, 2.05) is 0 Å². The maximum atomic E-state index is 11.4. The Balaban J connectivity index is 2.68. The zero-order valence-corrected chi connectivity index (χ0v) is 8.36. The van der Waals surface area contributed by atoms with Crippen molar-refractivity contribution in [3.63, 3.8) is 0 Å². The molecule has 5 heteroatoms. The lowest BCUT2D eigenvalue weighted by molar-refractivity contribution is 0.483. The number of rotatable bonds is 3. The van der Waals surface area contributed by atoms with Gasteiger partial charge in [-0.15, -0.1) is 0 Å². The Morgan fingerprint density at radius 2 is 2.20 bits per heavy atom. The van der Waals surface area contributed by atoms with Crippen molar-refractivity contribution in [1.29, 1.82) is 1.43 Å². The summed E-state index contributed by atoms with van der Waals surface area (Å²) in [5.41, 5.74) is 0.792. The molecule has 3 N–H and O–H groups in total. The SMILES string of the molecule is [2H]OS(=O)(=O)c1ccc2c(N([2H])[2H])cccc2c1. The highest BCUT2D eigenvalue weighted by atomic mass is 32.2. The zero-order chi connectivity index (χ0) is 13.3. The van der Waals surface area contributed by atoms with Crippen LogP contribution >= 0.6 is 0 Å². The fraction of sp³-hybridized carbons (Fsp3) is 0. The highest BCUT2D eigenvalue weighted by Crippen LogP contribution is 2.23. The summed E-state index contributed by atoms with van der Waals surface area (Å²) in [4.78, 5) is -0.135. The van der Waals surface area contributed by atoms with E-state index in [1.165, 1.54) is 18.2 Å². The van der Waals surface area contributed by atoms with Crippen LogP contribution in [0.25, 0.3) is 12.2 Å². The molecule has 0 saturated carbocycles. The van der Waals surface area contributed by atoms with Gasteiger partial charge in [0.15, 0.2) is 2.82 Å². The summed E-state index contributed by atoms with van der Waals surface area (Å²) in [5, 5.41) is 1.13. The van der Waals surface area contributed by atoms with Crippen LogP contribution in [0.1, 0.15) is 0 Å². The van der Waals surface area contributed by atoms with Gasteiger partial charge in [0.05, 0.1) is 4.90 Å². The van der Waals surface area contributed by atoms with E-state index in [0.29, 0.717) is 22.2 Å². The van der Waals surface area contributed by atoms with Gasteiger partial charge in [-0.1, -0.05) is 18.2 Å². The monoisotopic (exact) mass is 226 g/mol. The first-order valence-electron chi connectivity index (χ1n) is 5.46. The first-order valence-corrected chi connectivity index (χ1v) is 5.57. The molecule has 0 spiro atoms. The van der Waals surface area contributed by atoms with E-state index in [9.17, 15) is 8.42 Å². The number of benzene rings is 2. The van der Waals surface area contributed by atoms with E-state index in [-0.39, 0.29) is 4.90 Å². The van der Waals surface area contributed by atoms with E-state index in [2.05, 4.69) is 4.56 Å². The lowest BCUT2D eigenvalue weighted by Crippen LogP contribution is -1.97. The van der Waals surface area contributed by atoms with Gasteiger partial charge >= 0.3 is 0 Å². The van der Waals surface area contributed by atoms with Crippen LogP contribution in [0.5, 0.6) is 0 Å². The van der Waals surface area contributed by atoms with Crippen molar-refractivity contribution in [1.82, 2.24) is 0 Å². The Kier molecular flexibility index (Phi) is 1.46. The topological polar surface area (TPSA) is 80.4 Å². The first-order chi connectivity index (χ1) is 8.45. The number of hydrogen-bond acceptors (Lipinski definition) is 4. The molecular weight excluding hydrogens is 214 g/mol. The van der Waals surface area contributed by atoms with Crippen molar-refractivity contribution < 1.29 is 15.8 Å².